The lowest BCUT2D eigenvalue weighted by Gasteiger charge is -2.39. The summed E-state index contributed by atoms with van der Waals surface area (Å²) in [4.78, 5) is 25.6. The van der Waals surface area contributed by atoms with Gasteiger partial charge in [0.25, 0.3) is 0 Å². The van der Waals surface area contributed by atoms with Crippen LogP contribution in [0.2, 0.25) is 0 Å². The Morgan fingerprint density at radius 3 is 2.76 bits per heavy atom. The maximum absolute atomic E-state index is 12.9. The van der Waals surface area contributed by atoms with Crippen molar-refractivity contribution >= 4 is 11.9 Å². The average Bonchev–Trinajstić information content (AvgIpc) is 3.05. The minimum absolute atomic E-state index is 0.0920. The fourth-order valence-electron chi connectivity index (χ4n) is 4.33. The lowest BCUT2D eigenvalue weighted by molar-refractivity contribution is -0.146. The summed E-state index contributed by atoms with van der Waals surface area (Å²) in [6.45, 7) is 3.59. The van der Waals surface area contributed by atoms with Crippen molar-refractivity contribution in [2.45, 2.75) is 64.1 Å². The molecule has 21 heavy (non-hydrogen) atoms. The van der Waals surface area contributed by atoms with Crippen molar-refractivity contribution < 1.29 is 19.4 Å². The molecule has 2 bridgehead atoms. The quantitative estimate of drug-likeness (QED) is 0.862. The van der Waals surface area contributed by atoms with Crippen LogP contribution in [0.5, 0.6) is 0 Å². The first-order valence-electron chi connectivity index (χ1n) is 8.15. The van der Waals surface area contributed by atoms with E-state index in [1.807, 2.05) is 4.90 Å². The minimum atomic E-state index is -0.744. The molecule has 118 valence electrons. The molecule has 3 heterocycles. The van der Waals surface area contributed by atoms with Gasteiger partial charge in [-0.3, -0.25) is 9.59 Å². The number of carbonyl (C=O) groups excluding carboxylic acids is 1. The van der Waals surface area contributed by atoms with Crippen molar-refractivity contribution in [3.8, 4) is 0 Å². The number of aliphatic carboxylic acids is 1. The number of carboxylic acid groups (broad SMARTS) is 1. The summed E-state index contributed by atoms with van der Waals surface area (Å²) in [5.41, 5.74) is -0.350. The highest BCUT2D eigenvalue weighted by Crippen LogP contribution is 2.48. The predicted octanol–water partition coefficient (Wildman–Crippen LogP) is 2.05. The minimum Gasteiger partial charge on any atom is -0.481 e. The van der Waals surface area contributed by atoms with Crippen LogP contribution in [0, 0.1) is 11.3 Å². The monoisotopic (exact) mass is 295 g/mol. The standard InChI is InChI=1S/C16H25NO4/c1-16(9-12-5-6-13(16)21-12)15(20)17-8-2-3-11(10-17)4-7-14(18)19/h11-13H,2-10H2,1H3,(H,18,19). The zero-order chi connectivity index (χ0) is 15.0. The predicted molar refractivity (Wildman–Crippen MR) is 76.8 cm³/mol. The van der Waals surface area contributed by atoms with Crippen LogP contribution in [0.4, 0.5) is 0 Å². The topological polar surface area (TPSA) is 66.8 Å². The maximum atomic E-state index is 12.9. The van der Waals surface area contributed by atoms with Crippen LogP contribution in [0.1, 0.15) is 51.9 Å². The molecular weight excluding hydrogens is 270 g/mol. The molecule has 0 radical (unpaired) electrons. The highest BCUT2D eigenvalue weighted by Gasteiger charge is 2.55. The number of nitrogens with zero attached hydrogens (tertiary/aromatic N) is 1. The van der Waals surface area contributed by atoms with Crippen LogP contribution in [0.25, 0.3) is 0 Å². The van der Waals surface area contributed by atoms with Gasteiger partial charge >= 0.3 is 5.97 Å². The van der Waals surface area contributed by atoms with Crippen LogP contribution in [-0.2, 0) is 14.3 Å². The first kappa shape index (κ1) is 14.8. The van der Waals surface area contributed by atoms with Crippen molar-refractivity contribution in [1.82, 2.24) is 4.90 Å². The second-order valence-corrected chi connectivity index (χ2v) is 7.14. The van der Waals surface area contributed by atoms with Crippen LogP contribution in [0.3, 0.4) is 0 Å². The summed E-state index contributed by atoms with van der Waals surface area (Å²) in [5, 5.41) is 8.81. The van der Waals surface area contributed by atoms with Gasteiger partial charge in [-0.2, -0.15) is 0 Å². The number of fused-ring (bicyclic) bond motifs is 2. The van der Waals surface area contributed by atoms with Crippen molar-refractivity contribution in [3.63, 3.8) is 0 Å². The highest BCUT2D eigenvalue weighted by atomic mass is 16.5. The summed E-state index contributed by atoms with van der Waals surface area (Å²) < 4.78 is 5.88. The number of likely N-dealkylation sites (tertiary alicyclic amines) is 1. The molecule has 3 rings (SSSR count). The zero-order valence-electron chi connectivity index (χ0n) is 12.7. The third-order valence-corrected chi connectivity index (χ3v) is 5.53. The normalized spacial score (nSPS) is 38.7. The van der Waals surface area contributed by atoms with Crippen LogP contribution in [0.15, 0.2) is 0 Å². The van der Waals surface area contributed by atoms with Crippen molar-refractivity contribution in [3.05, 3.63) is 0 Å². The number of carbonyl (C=O) groups is 2. The molecule has 3 saturated heterocycles. The molecule has 0 aromatic carbocycles. The van der Waals surface area contributed by atoms with E-state index in [9.17, 15) is 9.59 Å². The fourth-order valence-corrected chi connectivity index (χ4v) is 4.33. The average molecular weight is 295 g/mol. The summed E-state index contributed by atoms with van der Waals surface area (Å²) in [6.07, 6.45) is 6.23. The largest absolute Gasteiger partial charge is 0.481 e. The van der Waals surface area contributed by atoms with E-state index in [4.69, 9.17) is 9.84 Å². The second-order valence-electron chi connectivity index (χ2n) is 7.14. The lowest BCUT2D eigenvalue weighted by Crippen LogP contribution is -2.50. The number of amides is 1. The van der Waals surface area contributed by atoms with Gasteiger partial charge in [-0.25, -0.2) is 0 Å². The summed E-state index contributed by atoms with van der Waals surface area (Å²) in [6, 6.07) is 0. The van der Waals surface area contributed by atoms with Crippen molar-refractivity contribution in [1.29, 1.82) is 0 Å². The van der Waals surface area contributed by atoms with Crippen LogP contribution < -0.4 is 0 Å². The summed E-state index contributed by atoms with van der Waals surface area (Å²) >= 11 is 0. The van der Waals surface area contributed by atoms with Gasteiger partial charge in [-0.15, -0.1) is 0 Å². The van der Waals surface area contributed by atoms with E-state index in [-0.39, 0.29) is 30.0 Å². The lowest BCUT2D eigenvalue weighted by atomic mass is 9.74. The Hall–Kier alpha value is -1.10. The molecule has 0 aliphatic carbocycles. The van der Waals surface area contributed by atoms with Gasteiger partial charge in [0.1, 0.15) is 0 Å². The van der Waals surface area contributed by atoms with Gasteiger partial charge in [-0.05, 0) is 51.4 Å². The zero-order valence-corrected chi connectivity index (χ0v) is 12.7. The number of rotatable bonds is 4. The van der Waals surface area contributed by atoms with E-state index in [2.05, 4.69) is 6.92 Å². The van der Waals surface area contributed by atoms with Gasteiger partial charge in [-0.1, -0.05) is 0 Å². The fraction of sp³-hybridized carbons (Fsp3) is 0.875. The Bertz CT molecular complexity index is 438. The second kappa shape index (κ2) is 5.59. The number of hydrogen-bond acceptors (Lipinski definition) is 3. The number of ether oxygens (including phenoxy) is 1. The molecule has 5 heteroatoms. The van der Waals surface area contributed by atoms with Gasteiger partial charge in [0.15, 0.2) is 0 Å². The molecule has 0 saturated carbocycles. The third-order valence-electron chi connectivity index (χ3n) is 5.53. The molecular formula is C16H25NO4. The molecule has 0 aromatic rings. The Labute approximate surface area is 125 Å². The molecule has 4 atom stereocenters. The molecule has 3 fully saturated rings. The molecule has 3 aliphatic rings. The van der Waals surface area contributed by atoms with E-state index in [1.165, 1.54) is 0 Å². The molecule has 5 nitrogen and oxygen atoms in total. The molecule has 3 aliphatic heterocycles. The molecule has 1 N–H and O–H groups in total. The third kappa shape index (κ3) is 2.80. The number of hydrogen-bond donors (Lipinski definition) is 1. The smallest absolute Gasteiger partial charge is 0.303 e. The number of carboxylic acids is 1. The Kier molecular flexibility index (Phi) is 3.95. The SMILES string of the molecule is CC1(C(=O)N2CCCC(CCC(=O)O)C2)CC2CCC1O2. The Morgan fingerprint density at radius 2 is 2.14 bits per heavy atom. The first-order valence-corrected chi connectivity index (χ1v) is 8.15. The van der Waals surface area contributed by atoms with Gasteiger partial charge in [0.05, 0.1) is 17.6 Å². The highest BCUT2D eigenvalue weighted by molar-refractivity contribution is 5.83. The van der Waals surface area contributed by atoms with Crippen LogP contribution in [-0.4, -0.2) is 47.2 Å². The van der Waals surface area contributed by atoms with E-state index in [1.54, 1.807) is 0 Å². The summed E-state index contributed by atoms with van der Waals surface area (Å²) in [7, 11) is 0. The Morgan fingerprint density at radius 1 is 1.33 bits per heavy atom. The van der Waals surface area contributed by atoms with E-state index in [0.717, 1.165) is 45.2 Å². The van der Waals surface area contributed by atoms with Gasteiger partial charge in [0.2, 0.25) is 5.91 Å². The maximum Gasteiger partial charge on any atom is 0.303 e. The molecule has 1 amide bonds. The van der Waals surface area contributed by atoms with Crippen molar-refractivity contribution in [2.24, 2.45) is 11.3 Å². The summed E-state index contributed by atoms with van der Waals surface area (Å²) in [5.74, 6) is -0.177. The Balaban J connectivity index is 1.61. The number of piperidine rings is 1. The molecule has 4 unspecified atom stereocenters. The van der Waals surface area contributed by atoms with Gasteiger partial charge < -0.3 is 14.7 Å². The van der Waals surface area contributed by atoms with E-state index < -0.39 is 5.97 Å². The molecule has 0 spiro atoms. The van der Waals surface area contributed by atoms with Crippen molar-refractivity contribution in [2.75, 3.05) is 13.1 Å². The van der Waals surface area contributed by atoms with E-state index in [0.29, 0.717) is 12.3 Å². The first-order chi connectivity index (χ1) is 9.99. The van der Waals surface area contributed by atoms with Gasteiger partial charge in [0, 0.05) is 19.5 Å². The van der Waals surface area contributed by atoms with E-state index >= 15 is 0 Å². The molecule has 0 aromatic heterocycles. The van der Waals surface area contributed by atoms with Crippen LogP contribution >= 0.6 is 0 Å².